The Morgan fingerprint density at radius 1 is 1.33 bits per heavy atom. The van der Waals surface area contributed by atoms with Crippen LogP contribution in [0.4, 0.5) is 5.95 Å². The second-order valence-corrected chi connectivity index (χ2v) is 6.63. The monoisotopic (exact) mass is 334 g/mol. The molecule has 2 aliphatic rings. The van der Waals surface area contributed by atoms with Crippen molar-refractivity contribution in [3.8, 4) is 5.75 Å². The zero-order valence-corrected chi connectivity index (χ0v) is 14.5. The Morgan fingerprint density at radius 2 is 2.04 bits per heavy atom. The highest BCUT2D eigenvalue weighted by Gasteiger charge is 2.29. The van der Waals surface area contributed by atoms with Gasteiger partial charge in [0.05, 0.1) is 32.0 Å². The van der Waals surface area contributed by atoms with E-state index in [1.54, 1.807) is 19.5 Å². The van der Waals surface area contributed by atoms with E-state index in [0.717, 1.165) is 44.8 Å². The van der Waals surface area contributed by atoms with Gasteiger partial charge in [-0.2, -0.15) is 0 Å². The molecule has 0 bridgehead atoms. The molecule has 1 unspecified atom stereocenters. The van der Waals surface area contributed by atoms with Gasteiger partial charge in [-0.1, -0.05) is 0 Å². The number of piperidine rings is 1. The minimum Gasteiger partial charge on any atom is -0.494 e. The molecular weight excluding hydrogens is 308 g/mol. The molecule has 1 atom stereocenters. The first-order valence-corrected chi connectivity index (χ1v) is 8.61. The van der Waals surface area contributed by atoms with Gasteiger partial charge in [-0.25, -0.2) is 9.97 Å². The van der Waals surface area contributed by atoms with Crippen molar-refractivity contribution in [1.29, 1.82) is 0 Å². The maximum atomic E-state index is 12.4. The number of ether oxygens (including phenoxy) is 2. The van der Waals surface area contributed by atoms with Crippen molar-refractivity contribution >= 4 is 11.9 Å². The molecule has 1 amide bonds. The lowest BCUT2D eigenvalue weighted by atomic mass is 9.96. The van der Waals surface area contributed by atoms with Crippen molar-refractivity contribution in [2.75, 3.05) is 51.9 Å². The summed E-state index contributed by atoms with van der Waals surface area (Å²) < 4.78 is 10.4. The number of hydrogen-bond acceptors (Lipinski definition) is 6. The van der Waals surface area contributed by atoms with Gasteiger partial charge in [0.15, 0.2) is 5.75 Å². The molecule has 7 nitrogen and oxygen atoms in total. The molecule has 0 spiro atoms. The first-order chi connectivity index (χ1) is 11.7. The van der Waals surface area contributed by atoms with Crippen LogP contribution in [0.3, 0.4) is 0 Å². The summed E-state index contributed by atoms with van der Waals surface area (Å²) in [4.78, 5) is 25.2. The Bertz CT molecular complexity index is 537. The van der Waals surface area contributed by atoms with Gasteiger partial charge in [-0.15, -0.1) is 0 Å². The molecule has 0 aliphatic carbocycles. The number of aromatic nitrogens is 2. The topological polar surface area (TPSA) is 67.8 Å². The number of hydrogen-bond donors (Lipinski definition) is 0. The zero-order valence-electron chi connectivity index (χ0n) is 14.5. The number of methoxy groups -OCH3 is 1. The van der Waals surface area contributed by atoms with Gasteiger partial charge in [0.25, 0.3) is 0 Å². The van der Waals surface area contributed by atoms with Crippen molar-refractivity contribution < 1.29 is 14.3 Å². The highest BCUT2D eigenvalue weighted by molar-refractivity contribution is 5.78. The van der Waals surface area contributed by atoms with Crippen LogP contribution in [0.15, 0.2) is 12.4 Å². The van der Waals surface area contributed by atoms with E-state index < -0.39 is 0 Å². The average Bonchev–Trinajstić information content (AvgIpc) is 3.16. The standard InChI is InChI=1S/C17H26N4O3/c1-20(16(22)14-5-8-24-12-14)11-13-3-6-21(7-4-13)17-18-9-15(23-2)10-19-17/h9-10,13-14H,3-8,11-12H2,1-2H3. The number of anilines is 1. The van der Waals surface area contributed by atoms with Gasteiger partial charge in [-0.3, -0.25) is 4.79 Å². The fourth-order valence-corrected chi connectivity index (χ4v) is 3.41. The van der Waals surface area contributed by atoms with Crippen LogP contribution in [0.1, 0.15) is 19.3 Å². The van der Waals surface area contributed by atoms with E-state index in [0.29, 0.717) is 24.9 Å². The largest absolute Gasteiger partial charge is 0.494 e. The first-order valence-electron chi connectivity index (χ1n) is 8.61. The van der Waals surface area contributed by atoms with Crippen LogP contribution in [-0.4, -0.2) is 67.8 Å². The maximum Gasteiger partial charge on any atom is 0.227 e. The summed E-state index contributed by atoms with van der Waals surface area (Å²) in [6.45, 7) is 3.96. The van der Waals surface area contributed by atoms with Crippen LogP contribution in [0.2, 0.25) is 0 Å². The predicted octanol–water partition coefficient (Wildman–Crippen LogP) is 1.20. The Hall–Kier alpha value is -1.89. The number of rotatable bonds is 5. The Kier molecular flexibility index (Phi) is 5.50. The summed E-state index contributed by atoms with van der Waals surface area (Å²) in [7, 11) is 3.53. The van der Waals surface area contributed by atoms with Crippen molar-refractivity contribution in [2.24, 2.45) is 11.8 Å². The van der Waals surface area contributed by atoms with E-state index >= 15 is 0 Å². The number of amides is 1. The van der Waals surface area contributed by atoms with E-state index in [1.807, 2.05) is 11.9 Å². The predicted molar refractivity (Wildman–Crippen MR) is 90.1 cm³/mol. The molecule has 2 fully saturated rings. The van der Waals surface area contributed by atoms with Gasteiger partial charge in [-0.05, 0) is 25.2 Å². The maximum absolute atomic E-state index is 12.4. The average molecular weight is 334 g/mol. The molecule has 0 radical (unpaired) electrons. The highest BCUT2D eigenvalue weighted by atomic mass is 16.5. The molecule has 24 heavy (non-hydrogen) atoms. The normalized spacial score (nSPS) is 21.8. The highest BCUT2D eigenvalue weighted by Crippen LogP contribution is 2.23. The zero-order chi connectivity index (χ0) is 16.9. The van der Waals surface area contributed by atoms with Crippen molar-refractivity contribution in [3.63, 3.8) is 0 Å². The molecule has 1 aromatic heterocycles. The summed E-state index contributed by atoms with van der Waals surface area (Å²) in [5.74, 6) is 2.25. The molecule has 0 saturated carbocycles. The second-order valence-electron chi connectivity index (χ2n) is 6.63. The molecule has 0 N–H and O–H groups in total. The molecule has 7 heteroatoms. The third kappa shape index (κ3) is 3.95. The van der Waals surface area contributed by atoms with Crippen LogP contribution in [0.25, 0.3) is 0 Å². The van der Waals surface area contributed by atoms with E-state index in [2.05, 4.69) is 14.9 Å². The minimum absolute atomic E-state index is 0.0581. The molecule has 132 valence electrons. The summed E-state index contributed by atoms with van der Waals surface area (Å²) in [6.07, 6.45) is 6.36. The van der Waals surface area contributed by atoms with Gasteiger partial charge in [0.1, 0.15) is 0 Å². The smallest absolute Gasteiger partial charge is 0.227 e. The lowest BCUT2D eigenvalue weighted by Crippen LogP contribution is -2.41. The van der Waals surface area contributed by atoms with Crippen LogP contribution in [-0.2, 0) is 9.53 Å². The summed E-state index contributed by atoms with van der Waals surface area (Å²) >= 11 is 0. The molecule has 3 heterocycles. The van der Waals surface area contributed by atoms with Crippen molar-refractivity contribution in [2.45, 2.75) is 19.3 Å². The van der Waals surface area contributed by atoms with Crippen LogP contribution in [0.5, 0.6) is 5.75 Å². The fraction of sp³-hybridized carbons (Fsp3) is 0.706. The third-order valence-electron chi connectivity index (χ3n) is 4.93. The minimum atomic E-state index is 0.0581. The van der Waals surface area contributed by atoms with Crippen LogP contribution < -0.4 is 9.64 Å². The van der Waals surface area contributed by atoms with E-state index in [9.17, 15) is 4.79 Å². The van der Waals surface area contributed by atoms with Gasteiger partial charge >= 0.3 is 0 Å². The molecular formula is C17H26N4O3. The fourth-order valence-electron chi connectivity index (χ4n) is 3.41. The molecule has 3 rings (SSSR count). The van der Waals surface area contributed by atoms with E-state index in [-0.39, 0.29) is 11.8 Å². The van der Waals surface area contributed by atoms with Gasteiger partial charge in [0.2, 0.25) is 11.9 Å². The number of carbonyl (C=O) groups is 1. The van der Waals surface area contributed by atoms with E-state index in [1.165, 1.54) is 0 Å². The lowest BCUT2D eigenvalue weighted by Gasteiger charge is -2.34. The first kappa shape index (κ1) is 17.0. The molecule has 1 aromatic rings. The second kappa shape index (κ2) is 7.79. The quantitative estimate of drug-likeness (QED) is 0.806. The van der Waals surface area contributed by atoms with Crippen molar-refractivity contribution in [3.05, 3.63) is 12.4 Å². The summed E-state index contributed by atoms with van der Waals surface area (Å²) in [5.41, 5.74) is 0. The molecule has 2 aliphatic heterocycles. The number of nitrogens with zero attached hydrogens (tertiary/aromatic N) is 4. The van der Waals surface area contributed by atoms with Gasteiger partial charge < -0.3 is 19.3 Å². The number of carbonyl (C=O) groups excluding carboxylic acids is 1. The van der Waals surface area contributed by atoms with Gasteiger partial charge in [0, 0.05) is 33.3 Å². The third-order valence-corrected chi connectivity index (χ3v) is 4.93. The van der Waals surface area contributed by atoms with E-state index in [4.69, 9.17) is 9.47 Å². The van der Waals surface area contributed by atoms with Crippen molar-refractivity contribution in [1.82, 2.24) is 14.9 Å². The Labute approximate surface area is 143 Å². The van der Waals surface area contributed by atoms with Crippen LogP contribution in [0, 0.1) is 11.8 Å². The Morgan fingerprint density at radius 3 is 2.62 bits per heavy atom. The summed E-state index contributed by atoms with van der Waals surface area (Å²) in [6, 6.07) is 0. The molecule has 2 saturated heterocycles. The molecule has 0 aromatic carbocycles. The Balaban J connectivity index is 1.46. The lowest BCUT2D eigenvalue weighted by molar-refractivity contribution is -0.134. The summed E-state index contributed by atoms with van der Waals surface area (Å²) in [5, 5.41) is 0. The SMILES string of the molecule is COc1cnc(N2CCC(CN(C)C(=O)C3CCOC3)CC2)nc1. The van der Waals surface area contributed by atoms with Crippen LogP contribution >= 0.6 is 0 Å².